The molecule has 0 aliphatic heterocycles. The Balaban J connectivity index is 2.19. The van der Waals surface area contributed by atoms with Gasteiger partial charge in [0.15, 0.2) is 0 Å². The van der Waals surface area contributed by atoms with Crippen molar-refractivity contribution in [2.45, 2.75) is 12.7 Å². The second-order valence-electron chi connectivity index (χ2n) is 3.44. The van der Waals surface area contributed by atoms with Crippen LogP contribution in [-0.2, 0) is 5.75 Å². The number of nitrogens with zero attached hydrogens (tertiary/aromatic N) is 2. The first-order chi connectivity index (χ1) is 8.63. The van der Waals surface area contributed by atoms with Gasteiger partial charge in [-0.15, -0.1) is 11.8 Å². The average molecular weight is 288 g/mol. The lowest BCUT2D eigenvalue weighted by Crippen LogP contribution is -2.15. The van der Waals surface area contributed by atoms with Gasteiger partial charge in [-0.3, -0.25) is 10.1 Å². The molecule has 0 spiro atoms. The van der Waals surface area contributed by atoms with Crippen LogP contribution in [0.15, 0.2) is 17.6 Å². The van der Waals surface area contributed by atoms with Crippen LogP contribution in [0.4, 0.5) is 0 Å². The van der Waals surface area contributed by atoms with Gasteiger partial charge in [0.1, 0.15) is 5.03 Å². The van der Waals surface area contributed by atoms with Crippen molar-refractivity contribution in [1.82, 2.24) is 15.3 Å². The Hall–Kier alpha value is -1.15. The number of aromatic nitrogens is 2. The quantitative estimate of drug-likeness (QED) is 0.432. The van der Waals surface area contributed by atoms with Gasteiger partial charge in [0, 0.05) is 23.7 Å². The van der Waals surface area contributed by atoms with Gasteiger partial charge in [0.05, 0.1) is 16.9 Å². The summed E-state index contributed by atoms with van der Waals surface area (Å²) in [4.78, 5) is 17.1. The smallest absolute Gasteiger partial charge is 0.263 e. The third kappa shape index (κ3) is 5.46. The molecule has 0 amide bonds. The molecule has 0 saturated carbocycles. The fraction of sp³-hybridized carbons (Fsp3) is 0.500. The third-order valence-corrected chi connectivity index (χ3v) is 3.82. The zero-order valence-corrected chi connectivity index (χ0v) is 11.9. The van der Waals surface area contributed by atoms with Crippen LogP contribution >= 0.6 is 23.5 Å². The number of aryl methyl sites for hydroxylation is 1. The highest BCUT2D eigenvalue weighted by molar-refractivity contribution is 8.02. The fourth-order valence-corrected chi connectivity index (χ4v) is 2.53. The van der Waals surface area contributed by atoms with E-state index in [1.807, 2.05) is 13.2 Å². The number of hydrogen-bond donors (Lipinski definition) is 2. The number of nitrogens with one attached hydrogen (secondary N) is 2. The minimum Gasteiger partial charge on any atom is -0.374 e. The van der Waals surface area contributed by atoms with E-state index in [1.54, 1.807) is 18.1 Å². The van der Waals surface area contributed by atoms with Crippen LogP contribution in [0, 0.1) is 17.0 Å². The molecule has 1 aromatic heterocycles. The standard InChI is InChI=1S/C10H16N4O2S2/c1-8-9(13-7-12-8)6-18-4-3-11-10(17-2)5-14(15)16/h5,7,11H,3-4,6H2,1-2H3,(H,12,13)/b10-5+. The highest BCUT2D eigenvalue weighted by Crippen LogP contribution is 2.12. The molecule has 1 heterocycles. The van der Waals surface area contributed by atoms with Gasteiger partial charge in [-0.1, -0.05) is 0 Å². The van der Waals surface area contributed by atoms with E-state index in [9.17, 15) is 10.1 Å². The zero-order chi connectivity index (χ0) is 13.4. The maximum Gasteiger partial charge on any atom is 0.263 e. The summed E-state index contributed by atoms with van der Waals surface area (Å²) in [5.41, 5.74) is 2.15. The van der Waals surface area contributed by atoms with Gasteiger partial charge < -0.3 is 10.3 Å². The van der Waals surface area contributed by atoms with Gasteiger partial charge in [-0.05, 0) is 13.2 Å². The monoisotopic (exact) mass is 288 g/mol. The molecule has 2 N–H and O–H groups in total. The largest absolute Gasteiger partial charge is 0.374 e. The van der Waals surface area contributed by atoms with Gasteiger partial charge in [-0.2, -0.15) is 11.8 Å². The van der Waals surface area contributed by atoms with Crippen LogP contribution in [0.1, 0.15) is 11.4 Å². The van der Waals surface area contributed by atoms with Crippen molar-refractivity contribution in [3.8, 4) is 0 Å². The molecule has 0 aromatic carbocycles. The summed E-state index contributed by atoms with van der Waals surface area (Å²) in [7, 11) is 0. The molecule has 0 saturated heterocycles. The van der Waals surface area contributed by atoms with Crippen molar-refractivity contribution >= 4 is 23.5 Å². The van der Waals surface area contributed by atoms with E-state index in [0.717, 1.165) is 29.1 Å². The highest BCUT2D eigenvalue weighted by atomic mass is 32.2. The molecule has 8 heteroatoms. The molecule has 100 valence electrons. The minimum atomic E-state index is -0.445. The lowest BCUT2D eigenvalue weighted by molar-refractivity contribution is -0.403. The van der Waals surface area contributed by atoms with Crippen LogP contribution in [0.5, 0.6) is 0 Å². The second kappa shape index (κ2) is 8.04. The summed E-state index contributed by atoms with van der Waals surface area (Å²) in [5, 5.41) is 13.9. The van der Waals surface area contributed by atoms with Gasteiger partial charge >= 0.3 is 0 Å². The molecule has 6 nitrogen and oxygen atoms in total. The van der Waals surface area contributed by atoms with Crippen LogP contribution in [0.25, 0.3) is 0 Å². The minimum absolute atomic E-state index is 0.445. The number of H-pyrrole nitrogens is 1. The van der Waals surface area contributed by atoms with Crippen molar-refractivity contribution in [3.63, 3.8) is 0 Å². The first-order valence-electron chi connectivity index (χ1n) is 5.33. The summed E-state index contributed by atoms with van der Waals surface area (Å²) >= 11 is 3.08. The van der Waals surface area contributed by atoms with Crippen molar-refractivity contribution in [2.75, 3.05) is 18.6 Å². The van der Waals surface area contributed by atoms with E-state index in [-0.39, 0.29) is 0 Å². The summed E-state index contributed by atoms with van der Waals surface area (Å²) in [6, 6.07) is 0. The average Bonchev–Trinajstić information content (AvgIpc) is 2.72. The number of imidazole rings is 1. The number of thioether (sulfide) groups is 2. The van der Waals surface area contributed by atoms with Crippen LogP contribution in [-0.4, -0.2) is 33.4 Å². The SMILES string of the molecule is CS/C(=C/[N+](=O)[O-])NCCSCc1nc[nH]c1C. The Morgan fingerprint density at radius 3 is 3.06 bits per heavy atom. The van der Waals surface area contributed by atoms with E-state index < -0.39 is 4.92 Å². The van der Waals surface area contributed by atoms with E-state index in [0.29, 0.717) is 11.6 Å². The summed E-state index contributed by atoms with van der Waals surface area (Å²) in [5.74, 6) is 1.73. The predicted octanol–water partition coefficient (Wildman–Crippen LogP) is 1.98. The molecule has 18 heavy (non-hydrogen) atoms. The lowest BCUT2D eigenvalue weighted by Gasteiger charge is -2.05. The molecule has 0 atom stereocenters. The summed E-state index contributed by atoms with van der Waals surface area (Å²) in [6.45, 7) is 2.70. The molecular formula is C10H16N4O2S2. The van der Waals surface area contributed by atoms with E-state index in [4.69, 9.17) is 0 Å². The van der Waals surface area contributed by atoms with E-state index >= 15 is 0 Å². The Labute approximate surface area is 114 Å². The third-order valence-electron chi connectivity index (χ3n) is 2.16. The molecule has 1 rings (SSSR count). The topological polar surface area (TPSA) is 83.8 Å². The van der Waals surface area contributed by atoms with Crippen molar-refractivity contribution in [1.29, 1.82) is 0 Å². The first kappa shape index (κ1) is 14.9. The molecule has 1 aromatic rings. The Kier molecular flexibility index (Phi) is 6.66. The molecular weight excluding hydrogens is 272 g/mol. The zero-order valence-electron chi connectivity index (χ0n) is 10.3. The first-order valence-corrected chi connectivity index (χ1v) is 7.71. The van der Waals surface area contributed by atoms with Crippen molar-refractivity contribution in [3.05, 3.63) is 39.1 Å². The van der Waals surface area contributed by atoms with Gasteiger partial charge in [0.25, 0.3) is 6.20 Å². The predicted molar refractivity (Wildman–Crippen MR) is 76.1 cm³/mol. The number of nitro groups is 1. The Morgan fingerprint density at radius 1 is 1.72 bits per heavy atom. The molecule has 0 bridgehead atoms. The maximum atomic E-state index is 10.3. The summed E-state index contributed by atoms with van der Waals surface area (Å²) in [6.07, 6.45) is 4.49. The number of hydrogen-bond acceptors (Lipinski definition) is 6. The summed E-state index contributed by atoms with van der Waals surface area (Å²) < 4.78 is 0. The Bertz CT molecular complexity index is 420. The van der Waals surface area contributed by atoms with Crippen molar-refractivity contribution < 1.29 is 4.92 Å². The highest BCUT2D eigenvalue weighted by Gasteiger charge is 2.02. The van der Waals surface area contributed by atoms with Crippen LogP contribution < -0.4 is 5.32 Å². The molecule has 0 radical (unpaired) electrons. The molecule has 0 aliphatic carbocycles. The lowest BCUT2D eigenvalue weighted by atomic mass is 10.4. The van der Waals surface area contributed by atoms with E-state index in [1.165, 1.54) is 11.8 Å². The van der Waals surface area contributed by atoms with Gasteiger partial charge in [0.2, 0.25) is 0 Å². The number of rotatable bonds is 8. The van der Waals surface area contributed by atoms with E-state index in [2.05, 4.69) is 15.3 Å². The molecule has 0 aliphatic rings. The van der Waals surface area contributed by atoms with Crippen LogP contribution in [0.2, 0.25) is 0 Å². The van der Waals surface area contributed by atoms with Crippen LogP contribution in [0.3, 0.4) is 0 Å². The van der Waals surface area contributed by atoms with Gasteiger partial charge in [-0.25, -0.2) is 4.98 Å². The Morgan fingerprint density at radius 2 is 2.50 bits per heavy atom. The fourth-order valence-electron chi connectivity index (χ4n) is 1.21. The maximum absolute atomic E-state index is 10.3. The van der Waals surface area contributed by atoms with Crippen molar-refractivity contribution in [2.24, 2.45) is 0 Å². The molecule has 0 fully saturated rings. The normalized spacial score (nSPS) is 11.6. The number of aromatic amines is 1. The molecule has 0 unspecified atom stereocenters. The second-order valence-corrected chi connectivity index (χ2v) is 5.39.